The van der Waals surface area contributed by atoms with Crippen LogP contribution < -0.4 is 15.4 Å². The van der Waals surface area contributed by atoms with E-state index in [4.69, 9.17) is 4.74 Å². The van der Waals surface area contributed by atoms with Gasteiger partial charge in [-0.1, -0.05) is 18.2 Å². The predicted octanol–water partition coefficient (Wildman–Crippen LogP) is 3.90. The van der Waals surface area contributed by atoms with Gasteiger partial charge in [0.15, 0.2) is 5.96 Å². The molecule has 1 aromatic heterocycles. The van der Waals surface area contributed by atoms with Crippen molar-refractivity contribution in [1.29, 1.82) is 0 Å². The number of aryl methyl sites for hydroxylation is 2. The van der Waals surface area contributed by atoms with Crippen LogP contribution in [0.1, 0.15) is 28.9 Å². The van der Waals surface area contributed by atoms with Crippen LogP contribution in [0, 0.1) is 13.8 Å². The van der Waals surface area contributed by atoms with Gasteiger partial charge in [-0.25, -0.2) is 9.98 Å². The molecule has 0 bridgehead atoms. The minimum absolute atomic E-state index is 0. The molecule has 0 saturated heterocycles. The van der Waals surface area contributed by atoms with Crippen molar-refractivity contribution in [2.75, 3.05) is 19.7 Å². The Morgan fingerprint density at radius 1 is 1.20 bits per heavy atom. The predicted molar refractivity (Wildman–Crippen MR) is 116 cm³/mol. The maximum Gasteiger partial charge on any atom is 0.191 e. The molecule has 0 spiro atoms. The molecule has 0 amide bonds. The summed E-state index contributed by atoms with van der Waals surface area (Å²) < 4.78 is 5.69. The Kier molecular flexibility index (Phi) is 10.5. The van der Waals surface area contributed by atoms with Crippen molar-refractivity contribution in [3.05, 3.63) is 45.9 Å². The van der Waals surface area contributed by atoms with Crippen LogP contribution >= 0.6 is 35.3 Å². The van der Waals surface area contributed by atoms with E-state index >= 15 is 0 Å². The zero-order chi connectivity index (χ0) is 17.2. The van der Waals surface area contributed by atoms with Crippen LogP contribution in [0.4, 0.5) is 0 Å². The summed E-state index contributed by atoms with van der Waals surface area (Å²) in [6, 6.07) is 9.88. The van der Waals surface area contributed by atoms with Gasteiger partial charge < -0.3 is 15.4 Å². The van der Waals surface area contributed by atoms with Crippen LogP contribution in [-0.2, 0) is 6.54 Å². The molecule has 2 N–H and O–H groups in total. The first-order valence-corrected chi connectivity index (χ1v) is 9.13. The Morgan fingerprint density at radius 3 is 2.60 bits per heavy atom. The zero-order valence-corrected chi connectivity index (χ0v) is 18.2. The van der Waals surface area contributed by atoms with Crippen molar-refractivity contribution in [3.63, 3.8) is 0 Å². The van der Waals surface area contributed by atoms with E-state index in [2.05, 4.69) is 27.5 Å². The summed E-state index contributed by atoms with van der Waals surface area (Å²) in [4.78, 5) is 10.3. The number of thiazole rings is 1. The molecule has 0 aliphatic rings. The summed E-state index contributed by atoms with van der Waals surface area (Å²) >= 11 is 1.71. The summed E-state index contributed by atoms with van der Waals surface area (Å²) in [5.74, 6) is 1.75. The second-order valence-electron chi connectivity index (χ2n) is 5.38. The summed E-state index contributed by atoms with van der Waals surface area (Å²) in [5, 5.41) is 7.71. The fourth-order valence-electron chi connectivity index (χ4n) is 2.20. The van der Waals surface area contributed by atoms with Crippen LogP contribution in [-0.4, -0.2) is 30.6 Å². The van der Waals surface area contributed by atoms with E-state index in [0.717, 1.165) is 41.9 Å². The van der Waals surface area contributed by atoms with Gasteiger partial charge in [0.1, 0.15) is 5.75 Å². The SMILES string of the molecule is CCNC(=NCc1sc(C)nc1C)NCCCOc1ccccc1.I. The molecular weight excluding hydrogens is 447 g/mol. The number of benzene rings is 1. The minimum Gasteiger partial charge on any atom is -0.494 e. The lowest BCUT2D eigenvalue weighted by atomic mass is 10.3. The lowest BCUT2D eigenvalue weighted by Gasteiger charge is -2.11. The Morgan fingerprint density at radius 2 is 1.96 bits per heavy atom. The van der Waals surface area contributed by atoms with E-state index in [0.29, 0.717) is 13.2 Å². The van der Waals surface area contributed by atoms with E-state index in [-0.39, 0.29) is 24.0 Å². The van der Waals surface area contributed by atoms with E-state index in [1.54, 1.807) is 11.3 Å². The van der Waals surface area contributed by atoms with Crippen molar-refractivity contribution in [1.82, 2.24) is 15.6 Å². The number of hydrogen-bond acceptors (Lipinski definition) is 4. The summed E-state index contributed by atoms with van der Waals surface area (Å²) in [6.45, 7) is 9.14. The molecule has 7 heteroatoms. The normalized spacial score (nSPS) is 10.9. The molecule has 0 unspecified atom stereocenters. The van der Waals surface area contributed by atoms with Gasteiger partial charge in [0.2, 0.25) is 0 Å². The van der Waals surface area contributed by atoms with Gasteiger partial charge in [-0.15, -0.1) is 35.3 Å². The highest BCUT2D eigenvalue weighted by Crippen LogP contribution is 2.17. The van der Waals surface area contributed by atoms with Crippen LogP contribution in [0.15, 0.2) is 35.3 Å². The van der Waals surface area contributed by atoms with Crippen LogP contribution in [0.2, 0.25) is 0 Å². The first-order valence-electron chi connectivity index (χ1n) is 8.32. The Balaban J connectivity index is 0.00000312. The molecule has 0 aliphatic carbocycles. The summed E-state index contributed by atoms with van der Waals surface area (Å²) in [5.41, 5.74) is 1.08. The quantitative estimate of drug-likeness (QED) is 0.264. The molecule has 1 aromatic carbocycles. The molecule has 0 fully saturated rings. The monoisotopic (exact) mass is 474 g/mol. The van der Waals surface area contributed by atoms with E-state index < -0.39 is 0 Å². The molecular formula is C18H27IN4OS. The second kappa shape index (κ2) is 12.1. The smallest absolute Gasteiger partial charge is 0.191 e. The van der Waals surface area contributed by atoms with Crippen molar-refractivity contribution in [3.8, 4) is 5.75 Å². The average Bonchev–Trinajstić information content (AvgIpc) is 2.90. The number of halogens is 1. The maximum absolute atomic E-state index is 5.69. The van der Waals surface area contributed by atoms with Crippen LogP contribution in [0.25, 0.3) is 0 Å². The third-order valence-electron chi connectivity index (χ3n) is 3.35. The average molecular weight is 474 g/mol. The first-order chi connectivity index (χ1) is 11.7. The highest BCUT2D eigenvalue weighted by atomic mass is 127. The number of ether oxygens (including phenoxy) is 1. The molecule has 0 atom stereocenters. The summed E-state index contributed by atoms with van der Waals surface area (Å²) in [7, 11) is 0. The van der Waals surface area contributed by atoms with Gasteiger partial charge in [0, 0.05) is 18.0 Å². The van der Waals surface area contributed by atoms with Gasteiger partial charge in [-0.3, -0.25) is 0 Å². The van der Waals surface area contributed by atoms with Gasteiger partial charge in [-0.2, -0.15) is 0 Å². The lowest BCUT2D eigenvalue weighted by molar-refractivity contribution is 0.311. The second-order valence-corrected chi connectivity index (χ2v) is 6.67. The number of nitrogens with one attached hydrogen (secondary N) is 2. The molecule has 138 valence electrons. The third kappa shape index (κ3) is 8.04. The molecule has 2 rings (SSSR count). The molecule has 25 heavy (non-hydrogen) atoms. The number of guanidine groups is 1. The first kappa shape index (κ1) is 21.7. The van der Waals surface area contributed by atoms with Crippen molar-refractivity contribution in [2.24, 2.45) is 4.99 Å². The lowest BCUT2D eigenvalue weighted by Crippen LogP contribution is -2.38. The Bertz CT molecular complexity index is 646. The highest BCUT2D eigenvalue weighted by molar-refractivity contribution is 14.0. The Labute approximate surface area is 171 Å². The van der Waals surface area contributed by atoms with E-state index in [1.165, 1.54) is 4.88 Å². The number of para-hydroxylation sites is 1. The third-order valence-corrected chi connectivity index (χ3v) is 4.41. The molecule has 0 saturated carbocycles. The van der Waals surface area contributed by atoms with Gasteiger partial charge in [-0.05, 0) is 39.3 Å². The topological polar surface area (TPSA) is 58.5 Å². The van der Waals surface area contributed by atoms with E-state index in [1.807, 2.05) is 44.2 Å². The number of rotatable bonds is 8. The number of aromatic nitrogens is 1. The molecule has 5 nitrogen and oxygen atoms in total. The molecule has 1 heterocycles. The largest absolute Gasteiger partial charge is 0.494 e. The fraction of sp³-hybridized carbons (Fsp3) is 0.444. The molecule has 0 radical (unpaired) electrons. The molecule has 0 aliphatic heterocycles. The number of aliphatic imine (C=N–C) groups is 1. The zero-order valence-electron chi connectivity index (χ0n) is 15.0. The van der Waals surface area contributed by atoms with Gasteiger partial charge in [0.05, 0.1) is 23.9 Å². The summed E-state index contributed by atoms with van der Waals surface area (Å²) in [6.07, 6.45) is 0.915. The standard InChI is InChI=1S/C18H26N4OS.HI/c1-4-19-18(21-13-17-14(2)22-15(3)24-17)20-11-8-12-23-16-9-6-5-7-10-16;/h5-7,9-10H,4,8,11-13H2,1-3H3,(H2,19,20,21);1H. The Hall–Kier alpha value is -1.35. The minimum atomic E-state index is 0. The van der Waals surface area contributed by atoms with Gasteiger partial charge >= 0.3 is 0 Å². The van der Waals surface area contributed by atoms with Crippen LogP contribution in [0.3, 0.4) is 0 Å². The van der Waals surface area contributed by atoms with Crippen molar-refractivity contribution >= 4 is 41.3 Å². The maximum atomic E-state index is 5.69. The van der Waals surface area contributed by atoms with Crippen molar-refractivity contribution in [2.45, 2.75) is 33.7 Å². The number of hydrogen-bond donors (Lipinski definition) is 2. The van der Waals surface area contributed by atoms with Gasteiger partial charge in [0.25, 0.3) is 0 Å². The number of nitrogens with zero attached hydrogens (tertiary/aromatic N) is 2. The highest BCUT2D eigenvalue weighted by Gasteiger charge is 2.04. The van der Waals surface area contributed by atoms with Crippen LogP contribution in [0.5, 0.6) is 5.75 Å². The fourth-order valence-corrected chi connectivity index (χ4v) is 3.06. The van der Waals surface area contributed by atoms with Crippen molar-refractivity contribution < 1.29 is 4.74 Å². The van der Waals surface area contributed by atoms with E-state index in [9.17, 15) is 0 Å². The molecule has 2 aromatic rings.